The van der Waals surface area contributed by atoms with Gasteiger partial charge in [-0.1, -0.05) is 13.0 Å². The summed E-state index contributed by atoms with van der Waals surface area (Å²) in [5.74, 6) is 0. The fourth-order valence-corrected chi connectivity index (χ4v) is 1.26. The Morgan fingerprint density at radius 2 is 2.31 bits per heavy atom. The van der Waals surface area contributed by atoms with Crippen molar-refractivity contribution in [2.45, 2.75) is 32.4 Å². The van der Waals surface area contributed by atoms with E-state index < -0.39 is 6.10 Å². The first-order valence-electron chi connectivity index (χ1n) is 4.52. The Kier molecular flexibility index (Phi) is 3.39. The van der Waals surface area contributed by atoms with Crippen LogP contribution in [0.25, 0.3) is 0 Å². The van der Waals surface area contributed by atoms with Crippen LogP contribution in [0, 0.1) is 6.92 Å². The minimum atomic E-state index is -0.598. The quantitative estimate of drug-likeness (QED) is 0.733. The molecular weight excluding hydrogens is 164 g/mol. The second-order valence-electron chi connectivity index (χ2n) is 3.19. The van der Waals surface area contributed by atoms with Crippen LogP contribution in [0.3, 0.4) is 0 Å². The highest BCUT2D eigenvalue weighted by molar-refractivity contribution is 5.22. The number of aliphatic hydroxyl groups is 1. The molecule has 0 saturated heterocycles. The molecule has 0 radical (unpaired) electrons. The first-order chi connectivity index (χ1) is 6.16. The maximum absolute atomic E-state index is 9.80. The first kappa shape index (κ1) is 10.2. The Hall–Kier alpha value is -0.930. The fourth-order valence-electron chi connectivity index (χ4n) is 1.26. The molecule has 1 aromatic rings. The van der Waals surface area contributed by atoms with E-state index in [1.54, 1.807) is 6.20 Å². The molecule has 0 spiro atoms. The number of aryl methyl sites for hydroxylation is 1. The summed E-state index contributed by atoms with van der Waals surface area (Å²) >= 11 is 0. The van der Waals surface area contributed by atoms with Gasteiger partial charge in [0.25, 0.3) is 0 Å². The molecule has 0 aliphatic carbocycles. The van der Waals surface area contributed by atoms with Crippen LogP contribution in [-0.2, 0) is 0 Å². The van der Waals surface area contributed by atoms with Crippen LogP contribution < -0.4 is 5.73 Å². The molecule has 3 N–H and O–H groups in total. The topological polar surface area (TPSA) is 59.1 Å². The summed E-state index contributed by atoms with van der Waals surface area (Å²) in [6.07, 6.45) is 1.87. The molecule has 1 rings (SSSR count). The van der Waals surface area contributed by atoms with Crippen LogP contribution in [0.1, 0.15) is 30.7 Å². The van der Waals surface area contributed by atoms with Crippen LogP contribution in [0.4, 0.5) is 0 Å². The van der Waals surface area contributed by atoms with Crippen molar-refractivity contribution in [3.8, 4) is 0 Å². The van der Waals surface area contributed by atoms with Gasteiger partial charge in [0, 0.05) is 23.5 Å². The van der Waals surface area contributed by atoms with Crippen molar-refractivity contribution >= 4 is 0 Å². The molecule has 13 heavy (non-hydrogen) atoms. The summed E-state index contributed by atoms with van der Waals surface area (Å²) in [5.41, 5.74) is 7.42. The monoisotopic (exact) mass is 180 g/mol. The SMILES string of the molecule is CC[C@H](N)[C@H](O)c1cccnc1C. The van der Waals surface area contributed by atoms with Crippen molar-refractivity contribution in [1.82, 2.24) is 4.98 Å². The third-order valence-electron chi connectivity index (χ3n) is 2.24. The second kappa shape index (κ2) is 4.35. The van der Waals surface area contributed by atoms with Crippen LogP contribution in [-0.4, -0.2) is 16.1 Å². The van der Waals surface area contributed by atoms with E-state index in [1.807, 2.05) is 26.0 Å². The van der Waals surface area contributed by atoms with Crippen LogP contribution in [0.15, 0.2) is 18.3 Å². The molecule has 0 aromatic carbocycles. The zero-order valence-electron chi connectivity index (χ0n) is 8.07. The van der Waals surface area contributed by atoms with Gasteiger partial charge in [-0.15, -0.1) is 0 Å². The van der Waals surface area contributed by atoms with E-state index in [4.69, 9.17) is 5.73 Å². The molecule has 0 unspecified atom stereocenters. The molecule has 3 nitrogen and oxygen atoms in total. The summed E-state index contributed by atoms with van der Waals surface area (Å²) in [7, 11) is 0. The lowest BCUT2D eigenvalue weighted by Crippen LogP contribution is -2.27. The first-order valence-corrected chi connectivity index (χ1v) is 4.52. The molecule has 1 heterocycles. The van der Waals surface area contributed by atoms with Gasteiger partial charge in [0.2, 0.25) is 0 Å². The smallest absolute Gasteiger partial charge is 0.0958 e. The number of nitrogens with two attached hydrogens (primary N) is 1. The van der Waals surface area contributed by atoms with Crippen molar-refractivity contribution in [3.05, 3.63) is 29.6 Å². The maximum Gasteiger partial charge on any atom is 0.0958 e. The van der Waals surface area contributed by atoms with Crippen molar-refractivity contribution in [3.63, 3.8) is 0 Å². The molecule has 72 valence electrons. The lowest BCUT2D eigenvalue weighted by Gasteiger charge is -2.18. The van der Waals surface area contributed by atoms with Gasteiger partial charge in [-0.25, -0.2) is 0 Å². The normalized spacial score (nSPS) is 15.4. The molecule has 1 aromatic heterocycles. The van der Waals surface area contributed by atoms with Gasteiger partial charge >= 0.3 is 0 Å². The Morgan fingerprint density at radius 1 is 1.62 bits per heavy atom. The molecule has 0 fully saturated rings. The number of pyridine rings is 1. The van der Waals surface area contributed by atoms with Crippen molar-refractivity contribution in [1.29, 1.82) is 0 Å². The third-order valence-corrected chi connectivity index (χ3v) is 2.24. The zero-order valence-corrected chi connectivity index (χ0v) is 8.07. The van der Waals surface area contributed by atoms with E-state index in [0.29, 0.717) is 0 Å². The summed E-state index contributed by atoms with van der Waals surface area (Å²) in [6.45, 7) is 3.83. The number of aliphatic hydroxyl groups excluding tert-OH is 1. The van der Waals surface area contributed by atoms with E-state index in [1.165, 1.54) is 0 Å². The Labute approximate surface area is 78.6 Å². The van der Waals surface area contributed by atoms with Gasteiger partial charge < -0.3 is 10.8 Å². The van der Waals surface area contributed by atoms with E-state index in [-0.39, 0.29) is 6.04 Å². The fraction of sp³-hybridized carbons (Fsp3) is 0.500. The minimum Gasteiger partial charge on any atom is -0.387 e. The standard InChI is InChI=1S/C10H16N2O/c1-3-9(11)10(13)8-5-4-6-12-7(8)2/h4-6,9-10,13H,3,11H2,1-2H3/t9-,10+/m0/s1. The van der Waals surface area contributed by atoms with Crippen molar-refractivity contribution in [2.24, 2.45) is 5.73 Å². The molecule has 0 aliphatic rings. The van der Waals surface area contributed by atoms with Crippen molar-refractivity contribution < 1.29 is 5.11 Å². The van der Waals surface area contributed by atoms with Gasteiger partial charge in [-0.3, -0.25) is 4.98 Å². The number of hydrogen-bond acceptors (Lipinski definition) is 3. The highest BCUT2D eigenvalue weighted by atomic mass is 16.3. The van der Waals surface area contributed by atoms with E-state index in [0.717, 1.165) is 17.7 Å². The molecule has 0 saturated carbocycles. The molecule has 0 bridgehead atoms. The predicted molar refractivity (Wildman–Crippen MR) is 52.2 cm³/mol. The number of hydrogen-bond donors (Lipinski definition) is 2. The van der Waals surface area contributed by atoms with Crippen LogP contribution in [0.2, 0.25) is 0 Å². The number of rotatable bonds is 3. The summed E-state index contributed by atoms with van der Waals surface area (Å²) in [5, 5.41) is 9.80. The largest absolute Gasteiger partial charge is 0.387 e. The van der Waals surface area contributed by atoms with Crippen LogP contribution in [0.5, 0.6) is 0 Å². The second-order valence-corrected chi connectivity index (χ2v) is 3.19. The average molecular weight is 180 g/mol. The lowest BCUT2D eigenvalue weighted by molar-refractivity contribution is 0.143. The lowest BCUT2D eigenvalue weighted by atomic mass is 10.0. The van der Waals surface area contributed by atoms with E-state index >= 15 is 0 Å². The number of aromatic nitrogens is 1. The highest BCUT2D eigenvalue weighted by Crippen LogP contribution is 2.19. The number of nitrogens with zero attached hydrogens (tertiary/aromatic N) is 1. The van der Waals surface area contributed by atoms with E-state index in [9.17, 15) is 5.11 Å². The molecule has 0 amide bonds. The van der Waals surface area contributed by atoms with Crippen LogP contribution >= 0.6 is 0 Å². The van der Waals surface area contributed by atoms with Gasteiger partial charge in [-0.05, 0) is 19.4 Å². The summed E-state index contributed by atoms with van der Waals surface area (Å²) in [4.78, 5) is 4.10. The van der Waals surface area contributed by atoms with Gasteiger partial charge in [0.05, 0.1) is 6.10 Å². The molecule has 2 atom stereocenters. The third kappa shape index (κ3) is 2.26. The highest BCUT2D eigenvalue weighted by Gasteiger charge is 2.16. The summed E-state index contributed by atoms with van der Waals surface area (Å²) < 4.78 is 0. The Balaban J connectivity index is 2.88. The average Bonchev–Trinajstić information content (AvgIpc) is 2.16. The van der Waals surface area contributed by atoms with E-state index in [2.05, 4.69) is 4.98 Å². The minimum absolute atomic E-state index is 0.206. The zero-order chi connectivity index (χ0) is 9.84. The van der Waals surface area contributed by atoms with Gasteiger partial charge in [-0.2, -0.15) is 0 Å². The van der Waals surface area contributed by atoms with Gasteiger partial charge in [0.1, 0.15) is 0 Å². The summed E-state index contributed by atoms with van der Waals surface area (Å²) in [6, 6.07) is 3.47. The molecule has 3 heteroatoms. The molecule has 0 aliphatic heterocycles. The Bertz CT molecular complexity index is 275. The van der Waals surface area contributed by atoms with Crippen molar-refractivity contribution in [2.75, 3.05) is 0 Å². The maximum atomic E-state index is 9.80. The predicted octanol–water partition coefficient (Wildman–Crippen LogP) is 1.16. The Morgan fingerprint density at radius 3 is 2.85 bits per heavy atom. The molecular formula is C10H16N2O. The van der Waals surface area contributed by atoms with Gasteiger partial charge in [0.15, 0.2) is 0 Å².